The third-order valence-electron chi connectivity index (χ3n) is 4.93. The summed E-state index contributed by atoms with van der Waals surface area (Å²) in [5.74, 6) is 0.393. The van der Waals surface area contributed by atoms with Crippen molar-refractivity contribution in [2.45, 2.75) is 24.3 Å². The number of aromatic nitrogens is 5. The summed E-state index contributed by atoms with van der Waals surface area (Å²) in [5.41, 5.74) is 2.32. The number of sulfonamides is 1. The molecule has 1 N–H and O–H groups in total. The first-order valence-electron chi connectivity index (χ1n) is 10.4. The summed E-state index contributed by atoms with van der Waals surface area (Å²) in [4.78, 5) is 18.4. The quantitative estimate of drug-likeness (QED) is 0.377. The second-order valence-electron chi connectivity index (χ2n) is 7.58. The standard InChI is InChI=1S/C22H23N7O3S2/c1-28(2)34(31,32)18-12-10-16(11-13-18)19-15-33-22(23-19)24-20(30)9-6-14-29-26-21(25-27-29)17-7-4-3-5-8-17/h3-5,7-8,10-13,15H,6,9,14H2,1-2H3,(H,23,24,30). The molecule has 0 radical (unpaired) electrons. The SMILES string of the molecule is CN(C)S(=O)(=O)c1ccc(-c2csc(NC(=O)CCCn3nnc(-c4ccccc4)n3)n2)cc1. The van der Waals surface area contributed by atoms with E-state index in [2.05, 4.69) is 25.7 Å². The molecule has 0 aliphatic carbocycles. The lowest BCUT2D eigenvalue weighted by Gasteiger charge is -2.11. The molecule has 0 saturated carbocycles. The summed E-state index contributed by atoms with van der Waals surface area (Å²) in [6, 6.07) is 16.1. The van der Waals surface area contributed by atoms with Crippen LogP contribution in [0.3, 0.4) is 0 Å². The van der Waals surface area contributed by atoms with Gasteiger partial charge in [-0.1, -0.05) is 42.5 Å². The number of rotatable bonds is 9. The Kier molecular flexibility index (Phi) is 7.10. The van der Waals surface area contributed by atoms with Crippen LogP contribution in [0.5, 0.6) is 0 Å². The van der Waals surface area contributed by atoms with Gasteiger partial charge in [0.05, 0.1) is 17.1 Å². The minimum Gasteiger partial charge on any atom is -0.302 e. The van der Waals surface area contributed by atoms with Crippen LogP contribution < -0.4 is 5.32 Å². The van der Waals surface area contributed by atoms with Gasteiger partial charge in [-0.2, -0.15) is 4.80 Å². The zero-order valence-electron chi connectivity index (χ0n) is 18.6. The number of amides is 1. The third-order valence-corrected chi connectivity index (χ3v) is 7.51. The Morgan fingerprint density at radius 1 is 1.06 bits per heavy atom. The second kappa shape index (κ2) is 10.2. The highest BCUT2D eigenvalue weighted by Crippen LogP contribution is 2.26. The van der Waals surface area contributed by atoms with E-state index in [4.69, 9.17) is 0 Å². The molecule has 0 spiro atoms. The van der Waals surface area contributed by atoms with Gasteiger partial charge in [-0.05, 0) is 23.8 Å². The Morgan fingerprint density at radius 2 is 1.79 bits per heavy atom. The molecule has 0 saturated heterocycles. The normalized spacial score (nSPS) is 11.6. The first-order chi connectivity index (χ1) is 16.3. The van der Waals surface area contributed by atoms with Gasteiger partial charge in [-0.15, -0.1) is 21.5 Å². The number of benzene rings is 2. The molecule has 2 aromatic heterocycles. The molecule has 0 aliphatic heterocycles. The van der Waals surface area contributed by atoms with Crippen molar-refractivity contribution in [2.24, 2.45) is 0 Å². The van der Waals surface area contributed by atoms with Crippen LogP contribution >= 0.6 is 11.3 Å². The van der Waals surface area contributed by atoms with Gasteiger partial charge in [0.25, 0.3) is 0 Å². The first kappa shape index (κ1) is 23.7. The predicted octanol–water partition coefficient (Wildman–Crippen LogP) is 3.13. The molecule has 2 aromatic carbocycles. The summed E-state index contributed by atoms with van der Waals surface area (Å²) < 4.78 is 25.6. The average molecular weight is 498 g/mol. The minimum absolute atomic E-state index is 0.156. The van der Waals surface area contributed by atoms with Crippen molar-refractivity contribution in [1.82, 2.24) is 29.5 Å². The zero-order chi connectivity index (χ0) is 24.1. The van der Waals surface area contributed by atoms with E-state index in [1.807, 2.05) is 35.7 Å². The van der Waals surface area contributed by atoms with E-state index in [0.29, 0.717) is 29.6 Å². The number of aryl methyl sites for hydroxylation is 1. The number of anilines is 1. The van der Waals surface area contributed by atoms with Crippen LogP contribution in [0.2, 0.25) is 0 Å². The Hall–Kier alpha value is -3.48. The highest BCUT2D eigenvalue weighted by Gasteiger charge is 2.17. The fraction of sp³-hybridized carbons (Fsp3) is 0.227. The lowest BCUT2D eigenvalue weighted by Crippen LogP contribution is -2.22. The molecule has 1 amide bonds. The van der Waals surface area contributed by atoms with Gasteiger partial charge >= 0.3 is 0 Å². The lowest BCUT2D eigenvalue weighted by molar-refractivity contribution is -0.116. The van der Waals surface area contributed by atoms with E-state index < -0.39 is 10.0 Å². The fourth-order valence-electron chi connectivity index (χ4n) is 3.08. The van der Waals surface area contributed by atoms with E-state index in [-0.39, 0.29) is 17.2 Å². The Labute approximate surface area is 201 Å². The molecule has 0 bridgehead atoms. The second-order valence-corrected chi connectivity index (χ2v) is 10.6. The number of hydrogen-bond acceptors (Lipinski definition) is 8. The molecule has 176 valence electrons. The first-order valence-corrected chi connectivity index (χ1v) is 12.8. The number of tetrazole rings is 1. The van der Waals surface area contributed by atoms with E-state index >= 15 is 0 Å². The van der Waals surface area contributed by atoms with Crippen molar-refractivity contribution >= 4 is 32.4 Å². The van der Waals surface area contributed by atoms with Crippen LogP contribution in [0.1, 0.15) is 12.8 Å². The molecule has 0 atom stereocenters. The van der Waals surface area contributed by atoms with Gasteiger partial charge in [0.15, 0.2) is 5.13 Å². The maximum absolute atomic E-state index is 12.3. The molecule has 4 rings (SSSR count). The third kappa shape index (κ3) is 5.53. The van der Waals surface area contributed by atoms with Gasteiger partial charge < -0.3 is 5.32 Å². The smallest absolute Gasteiger partial charge is 0.242 e. The molecular weight excluding hydrogens is 474 g/mol. The van der Waals surface area contributed by atoms with Crippen molar-refractivity contribution in [3.8, 4) is 22.6 Å². The monoisotopic (exact) mass is 497 g/mol. The summed E-state index contributed by atoms with van der Waals surface area (Å²) in [6.45, 7) is 0.471. The molecule has 4 aromatic rings. The van der Waals surface area contributed by atoms with Crippen molar-refractivity contribution in [3.05, 3.63) is 60.0 Å². The maximum atomic E-state index is 12.3. The Bertz CT molecular complexity index is 1370. The van der Waals surface area contributed by atoms with E-state index in [1.54, 1.807) is 24.3 Å². The van der Waals surface area contributed by atoms with E-state index in [9.17, 15) is 13.2 Å². The van der Waals surface area contributed by atoms with Crippen molar-refractivity contribution < 1.29 is 13.2 Å². The van der Waals surface area contributed by atoms with Crippen LogP contribution in [0, 0.1) is 0 Å². The average Bonchev–Trinajstić information content (AvgIpc) is 3.50. The van der Waals surface area contributed by atoms with Crippen LogP contribution in [0.25, 0.3) is 22.6 Å². The van der Waals surface area contributed by atoms with Crippen LogP contribution in [-0.4, -0.2) is 57.9 Å². The molecule has 12 heteroatoms. The summed E-state index contributed by atoms with van der Waals surface area (Å²) in [7, 11) is -0.506. The summed E-state index contributed by atoms with van der Waals surface area (Å²) in [6.07, 6.45) is 0.838. The number of hydrogen-bond donors (Lipinski definition) is 1. The van der Waals surface area contributed by atoms with Crippen molar-refractivity contribution in [1.29, 1.82) is 0 Å². The number of nitrogens with one attached hydrogen (secondary N) is 1. The minimum atomic E-state index is -3.48. The van der Waals surface area contributed by atoms with Crippen molar-refractivity contribution in [2.75, 3.05) is 19.4 Å². The molecule has 0 unspecified atom stereocenters. The van der Waals surface area contributed by atoms with Gasteiger partial charge in [-0.3, -0.25) is 4.79 Å². The summed E-state index contributed by atoms with van der Waals surface area (Å²) in [5, 5.41) is 17.5. The zero-order valence-corrected chi connectivity index (χ0v) is 20.3. The van der Waals surface area contributed by atoms with Gasteiger partial charge in [-0.25, -0.2) is 17.7 Å². The van der Waals surface area contributed by atoms with Crippen LogP contribution in [0.15, 0.2) is 64.9 Å². The van der Waals surface area contributed by atoms with Gasteiger partial charge in [0.1, 0.15) is 0 Å². The molecule has 0 fully saturated rings. The predicted molar refractivity (Wildman–Crippen MR) is 130 cm³/mol. The summed E-state index contributed by atoms with van der Waals surface area (Å²) >= 11 is 1.31. The molecule has 34 heavy (non-hydrogen) atoms. The van der Waals surface area contributed by atoms with Crippen molar-refractivity contribution in [3.63, 3.8) is 0 Å². The lowest BCUT2D eigenvalue weighted by atomic mass is 10.2. The van der Waals surface area contributed by atoms with E-state index in [0.717, 1.165) is 11.1 Å². The van der Waals surface area contributed by atoms with Crippen LogP contribution in [-0.2, 0) is 21.4 Å². The topological polar surface area (TPSA) is 123 Å². The number of carbonyl (C=O) groups excluding carboxylic acids is 1. The molecule has 0 aliphatic rings. The Morgan fingerprint density at radius 3 is 2.50 bits per heavy atom. The van der Waals surface area contributed by atoms with Gasteiger partial charge in [0.2, 0.25) is 21.8 Å². The number of carbonyl (C=O) groups is 1. The largest absolute Gasteiger partial charge is 0.302 e. The van der Waals surface area contributed by atoms with Crippen LogP contribution in [0.4, 0.5) is 5.13 Å². The van der Waals surface area contributed by atoms with E-state index in [1.165, 1.54) is 34.5 Å². The van der Waals surface area contributed by atoms with Gasteiger partial charge in [0, 0.05) is 37.0 Å². The highest BCUT2D eigenvalue weighted by molar-refractivity contribution is 7.89. The molecular formula is C22H23N7O3S2. The molecule has 2 heterocycles. The fourth-order valence-corrected chi connectivity index (χ4v) is 4.71. The Balaban J connectivity index is 1.29. The highest BCUT2D eigenvalue weighted by atomic mass is 32.2. The number of thiazole rings is 1. The molecule has 10 nitrogen and oxygen atoms in total. The maximum Gasteiger partial charge on any atom is 0.242 e. The number of nitrogens with zero attached hydrogens (tertiary/aromatic N) is 6.